The zero-order valence-electron chi connectivity index (χ0n) is 5.17. The molecule has 2 unspecified atom stereocenters. The van der Waals surface area contributed by atoms with Gasteiger partial charge in [-0.25, -0.2) is 0 Å². The first kappa shape index (κ1) is 4.86. The van der Waals surface area contributed by atoms with E-state index in [0.717, 1.165) is 11.8 Å². The van der Waals surface area contributed by atoms with Crippen LogP contribution in [0.5, 0.6) is 0 Å². The van der Waals surface area contributed by atoms with Crippen molar-refractivity contribution < 1.29 is 0 Å². The van der Waals surface area contributed by atoms with Gasteiger partial charge in [-0.05, 0) is 18.9 Å². The lowest BCUT2D eigenvalue weighted by Gasteiger charge is -2.09. The Morgan fingerprint density at radius 2 is 1.88 bits per heavy atom. The van der Waals surface area contributed by atoms with Crippen LogP contribution in [0.2, 0.25) is 5.82 Å². The predicted octanol–water partition coefficient (Wildman–Crippen LogP) is 0.135. The highest BCUT2D eigenvalue weighted by Gasteiger charge is 2.50. The first-order valence-corrected chi connectivity index (χ1v) is 3.23. The van der Waals surface area contributed by atoms with Gasteiger partial charge in [0.2, 0.25) is 0 Å². The second-order valence-corrected chi connectivity index (χ2v) is 3.13. The maximum atomic E-state index is 5.71. The summed E-state index contributed by atoms with van der Waals surface area (Å²) in [6.45, 7) is 2.48. The van der Waals surface area contributed by atoms with Crippen LogP contribution in [-0.2, 0) is 0 Å². The van der Waals surface area contributed by atoms with Gasteiger partial charge in [0.05, 0.1) is 7.85 Å². The smallest absolute Gasteiger partial charge is 0.0708 e. The number of fused-ring (bicyclic) bond motifs is 1. The van der Waals surface area contributed by atoms with Crippen molar-refractivity contribution in [2.45, 2.75) is 5.82 Å². The predicted molar refractivity (Wildman–Crippen MR) is 34.0 cm³/mol. The van der Waals surface area contributed by atoms with Crippen LogP contribution in [0.4, 0.5) is 0 Å². The van der Waals surface area contributed by atoms with E-state index in [1.807, 2.05) is 0 Å². The Labute approximate surface area is 51.5 Å². The summed E-state index contributed by atoms with van der Waals surface area (Å²) in [5.74, 6) is 2.28. The van der Waals surface area contributed by atoms with Crippen LogP contribution in [0.1, 0.15) is 0 Å². The van der Waals surface area contributed by atoms with E-state index in [2.05, 4.69) is 11.9 Å². The van der Waals surface area contributed by atoms with E-state index >= 15 is 0 Å². The quantitative estimate of drug-likeness (QED) is 0.398. The molecule has 2 radical (unpaired) electrons. The largest absolute Gasteiger partial charge is 0.306 e. The average molecular weight is 107 g/mol. The molecule has 0 amide bonds. The normalized spacial score (nSPS) is 53.9. The number of hydrogen-bond acceptors (Lipinski definition) is 1. The number of hydrogen-bond donors (Lipinski definition) is 0. The standard InChI is InChI=1S/C6H10BN/c1-8-2-4-5(3-8)6(4)7/h4-6H,2-3H2,1H3. The molecule has 2 heteroatoms. The molecule has 0 aromatic heterocycles. The van der Waals surface area contributed by atoms with Crippen LogP contribution >= 0.6 is 0 Å². The van der Waals surface area contributed by atoms with Crippen LogP contribution in [0.3, 0.4) is 0 Å². The van der Waals surface area contributed by atoms with Crippen molar-refractivity contribution in [3.05, 3.63) is 0 Å². The Hall–Kier alpha value is 0.0249. The zero-order valence-corrected chi connectivity index (χ0v) is 5.17. The molecule has 1 aliphatic heterocycles. The van der Waals surface area contributed by atoms with Crippen molar-refractivity contribution in [3.8, 4) is 0 Å². The SMILES string of the molecule is [B]C1C2CN(C)CC12. The number of piperidine rings is 1. The molecule has 1 aliphatic carbocycles. The molecule has 1 saturated heterocycles. The van der Waals surface area contributed by atoms with Crippen molar-refractivity contribution in [2.24, 2.45) is 11.8 Å². The third kappa shape index (κ3) is 0.468. The number of nitrogens with zero attached hydrogens (tertiary/aromatic N) is 1. The minimum atomic E-state index is 0.561. The molecule has 0 aromatic rings. The maximum Gasteiger partial charge on any atom is 0.0708 e. The van der Waals surface area contributed by atoms with Gasteiger partial charge in [0, 0.05) is 13.1 Å². The summed E-state index contributed by atoms with van der Waals surface area (Å²) < 4.78 is 0. The molecular weight excluding hydrogens is 96.9 g/mol. The van der Waals surface area contributed by atoms with Gasteiger partial charge < -0.3 is 4.90 Å². The highest BCUT2D eigenvalue weighted by molar-refractivity contribution is 6.14. The average Bonchev–Trinajstić information content (AvgIpc) is 2.29. The number of likely N-dealkylation sites (tertiary alicyclic amines) is 1. The molecule has 2 fully saturated rings. The van der Waals surface area contributed by atoms with Crippen LogP contribution in [0.15, 0.2) is 0 Å². The van der Waals surface area contributed by atoms with Gasteiger partial charge in [-0.15, -0.1) is 0 Å². The summed E-state index contributed by atoms with van der Waals surface area (Å²) in [7, 11) is 7.87. The molecule has 2 rings (SSSR count). The van der Waals surface area contributed by atoms with Gasteiger partial charge in [0.15, 0.2) is 0 Å². The topological polar surface area (TPSA) is 3.24 Å². The third-order valence-electron chi connectivity index (χ3n) is 2.44. The van der Waals surface area contributed by atoms with E-state index in [-0.39, 0.29) is 0 Å². The molecule has 42 valence electrons. The molecule has 2 atom stereocenters. The molecular formula is C6H10BN. The van der Waals surface area contributed by atoms with E-state index in [1.54, 1.807) is 0 Å². The molecule has 8 heavy (non-hydrogen) atoms. The monoisotopic (exact) mass is 107 g/mol. The van der Waals surface area contributed by atoms with Gasteiger partial charge in [-0.2, -0.15) is 0 Å². The summed E-state index contributed by atoms with van der Waals surface area (Å²) in [4.78, 5) is 2.36. The number of rotatable bonds is 0. The Morgan fingerprint density at radius 1 is 1.38 bits per heavy atom. The fourth-order valence-electron chi connectivity index (χ4n) is 1.78. The second-order valence-electron chi connectivity index (χ2n) is 3.13. The lowest BCUT2D eigenvalue weighted by atomic mass is 9.97. The fourth-order valence-corrected chi connectivity index (χ4v) is 1.78. The summed E-state index contributed by atoms with van der Waals surface area (Å²) in [5.41, 5.74) is 0. The summed E-state index contributed by atoms with van der Waals surface area (Å²) >= 11 is 0. The van der Waals surface area contributed by atoms with Crippen LogP contribution < -0.4 is 0 Å². The van der Waals surface area contributed by atoms with Gasteiger partial charge in [-0.1, -0.05) is 5.82 Å². The summed E-state index contributed by atoms with van der Waals surface area (Å²) in [5, 5.41) is 0. The molecule has 1 nitrogen and oxygen atoms in total. The van der Waals surface area contributed by atoms with Crippen molar-refractivity contribution in [2.75, 3.05) is 20.1 Å². The highest BCUT2D eigenvalue weighted by Crippen LogP contribution is 2.53. The Bertz CT molecular complexity index is 103. The Morgan fingerprint density at radius 3 is 2.25 bits per heavy atom. The molecule has 2 aliphatic rings. The lowest BCUT2D eigenvalue weighted by Crippen LogP contribution is -2.17. The minimum absolute atomic E-state index is 0.561. The van der Waals surface area contributed by atoms with Gasteiger partial charge in [0.25, 0.3) is 0 Å². The van der Waals surface area contributed by atoms with Crippen LogP contribution in [-0.4, -0.2) is 32.9 Å². The highest BCUT2D eigenvalue weighted by atomic mass is 15.1. The Balaban J connectivity index is 2.00. The minimum Gasteiger partial charge on any atom is -0.306 e. The molecule has 0 spiro atoms. The first-order chi connectivity index (χ1) is 3.79. The van der Waals surface area contributed by atoms with Crippen LogP contribution in [0.25, 0.3) is 0 Å². The molecule has 1 heterocycles. The maximum absolute atomic E-state index is 5.71. The summed E-state index contributed by atoms with van der Waals surface area (Å²) in [6, 6.07) is 0. The van der Waals surface area contributed by atoms with Crippen molar-refractivity contribution in [1.82, 2.24) is 4.90 Å². The van der Waals surface area contributed by atoms with Crippen molar-refractivity contribution in [1.29, 1.82) is 0 Å². The molecule has 0 bridgehead atoms. The second kappa shape index (κ2) is 1.30. The van der Waals surface area contributed by atoms with Crippen LogP contribution in [0, 0.1) is 11.8 Å². The van der Waals surface area contributed by atoms with Crippen molar-refractivity contribution in [3.63, 3.8) is 0 Å². The van der Waals surface area contributed by atoms with Gasteiger partial charge >= 0.3 is 0 Å². The fraction of sp³-hybridized carbons (Fsp3) is 1.00. The Kier molecular flexibility index (Phi) is 0.788. The van der Waals surface area contributed by atoms with E-state index < -0.39 is 0 Å². The molecule has 1 saturated carbocycles. The van der Waals surface area contributed by atoms with E-state index in [0.29, 0.717) is 5.82 Å². The molecule has 0 N–H and O–H groups in total. The summed E-state index contributed by atoms with van der Waals surface area (Å²) in [6.07, 6.45) is 0. The third-order valence-corrected chi connectivity index (χ3v) is 2.44. The van der Waals surface area contributed by atoms with E-state index in [4.69, 9.17) is 7.85 Å². The lowest BCUT2D eigenvalue weighted by molar-refractivity contribution is 0.373. The van der Waals surface area contributed by atoms with Crippen molar-refractivity contribution >= 4 is 7.85 Å². The van der Waals surface area contributed by atoms with E-state index in [1.165, 1.54) is 13.1 Å². The van der Waals surface area contributed by atoms with E-state index in [9.17, 15) is 0 Å². The van der Waals surface area contributed by atoms with Gasteiger partial charge in [0.1, 0.15) is 0 Å². The molecule has 0 aromatic carbocycles. The first-order valence-electron chi connectivity index (χ1n) is 3.23. The van der Waals surface area contributed by atoms with Gasteiger partial charge in [-0.3, -0.25) is 0 Å². The zero-order chi connectivity index (χ0) is 5.72.